The third kappa shape index (κ3) is 8.73. The average molecular weight is 925 g/mol. The van der Waals surface area contributed by atoms with Crippen LogP contribution in [0.15, 0.2) is 47.7 Å². The number of ether oxygens (including phenoxy) is 1. The summed E-state index contributed by atoms with van der Waals surface area (Å²) in [4.78, 5) is 76.5. The molecule has 1 unspecified atom stereocenters. The van der Waals surface area contributed by atoms with Gasteiger partial charge in [0.1, 0.15) is 17.4 Å². The Morgan fingerprint density at radius 1 is 0.970 bits per heavy atom. The summed E-state index contributed by atoms with van der Waals surface area (Å²) in [5.41, 5.74) is 2.04. The molecule has 4 atom stereocenters. The molecule has 20 heteroatoms. The van der Waals surface area contributed by atoms with Crippen molar-refractivity contribution in [2.24, 2.45) is 13.0 Å². The van der Waals surface area contributed by atoms with E-state index in [0.717, 1.165) is 69.1 Å². The van der Waals surface area contributed by atoms with E-state index in [4.69, 9.17) is 9.72 Å². The van der Waals surface area contributed by atoms with Crippen molar-refractivity contribution >= 4 is 51.8 Å². The molecule has 8 heterocycles. The van der Waals surface area contributed by atoms with Crippen LogP contribution in [0.5, 0.6) is 0 Å². The van der Waals surface area contributed by atoms with Gasteiger partial charge in [-0.25, -0.2) is 23.1 Å². The molecule has 1 aromatic carbocycles. The number of imidazole rings is 1. The minimum atomic E-state index is -2.88. The number of nitrogens with one attached hydrogen (secondary N) is 2. The van der Waals surface area contributed by atoms with E-state index < -0.39 is 30.0 Å². The van der Waals surface area contributed by atoms with Crippen LogP contribution < -0.4 is 21.2 Å². The lowest BCUT2D eigenvalue weighted by molar-refractivity contribution is -0.136. The lowest BCUT2D eigenvalue weighted by Crippen LogP contribution is -2.56. The van der Waals surface area contributed by atoms with Gasteiger partial charge in [0.25, 0.3) is 12.3 Å². The number of imide groups is 1. The Bertz CT molecular complexity index is 2740. The molecular formula is C47H58F2N12O6. The van der Waals surface area contributed by atoms with Crippen molar-refractivity contribution in [3.05, 3.63) is 70.2 Å². The zero-order valence-electron chi connectivity index (χ0n) is 38.0. The van der Waals surface area contributed by atoms with E-state index in [1.54, 1.807) is 22.5 Å². The van der Waals surface area contributed by atoms with Crippen LogP contribution in [0.2, 0.25) is 0 Å². The second-order valence-electron chi connectivity index (χ2n) is 19.0. The van der Waals surface area contributed by atoms with Gasteiger partial charge < -0.3 is 19.9 Å². The number of nitrogens with zero attached hydrogens (tertiary/aromatic N) is 10. The number of para-hydroxylation sites is 1. The highest BCUT2D eigenvalue weighted by Crippen LogP contribution is 2.38. The van der Waals surface area contributed by atoms with E-state index in [2.05, 4.69) is 30.6 Å². The molecule has 1 saturated carbocycles. The summed E-state index contributed by atoms with van der Waals surface area (Å²) in [5.74, 6) is -0.121. The molecule has 67 heavy (non-hydrogen) atoms. The number of anilines is 2. The number of hydrogen-bond acceptors (Lipinski definition) is 11. The summed E-state index contributed by atoms with van der Waals surface area (Å²) < 4.78 is 40.7. The van der Waals surface area contributed by atoms with Crippen LogP contribution in [0.1, 0.15) is 118 Å². The Hall–Kier alpha value is -6.02. The van der Waals surface area contributed by atoms with E-state index in [0.29, 0.717) is 80.5 Å². The smallest absolute Gasteiger partial charge is 0.329 e. The summed E-state index contributed by atoms with van der Waals surface area (Å²) in [6.45, 7) is 6.39. The molecule has 4 aliphatic heterocycles. The van der Waals surface area contributed by atoms with Crippen LogP contribution in [0.3, 0.4) is 0 Å². The second-order valence-corrected chi connectivity index (χ2v) is 19.0. The molecule has 18 nitrogen and oxygen atoms in total. The molecule has 4 aromatic heterocycles. The van der Waals surface area contributed by atoms with E-state index in [9.17, 15) is 32.8 Å². The molecule has 10 rings (SSSR count). The molecule has 4 saturated heterocycles. The van der Waals surface area contributed by atoms with Gasteiger partial charge >= 0.3 is 5.69 Å². The Labute approximate surface area is 385 Å². The van der Waals surface area contributed by atoms with Gasteiger partial charge in [0.05, 0.1) is 35.1 Å². The van der Waals surface area contributed by atoms with Crippen LogP contribution in [0, 0.1) is 5.92 Å². The Morgan fingerprint density at radius 3 is 2.49 bits per heavy atom. The predicted molar refractivity (Wildman–Crippen MR) is 243 cm³/mol. The number of aromatic nitrogens is 7. The third-order valence-electron chi connectivity index (χ3n) is 14.9. The van der Waals surface area contributed by atoms with Crippen LogP contribution in [-0.4, -0.2) is 124 Å². The number of hydrogen-bond donors (Lipinski definition) is 2. The first-order valence-electron chi connectivity index (χ1n) is 23.9. The fourth-order valence-corrected chi connectivity index (χ4v) is 11.5. The Morgan fingerprint density at radius 2 is 1.75 bits per heavy atom. The number of fused-ring (bicyclic) bond motifs is 4. The van der Waals surface area contributed by atoms with Crippen LogP contribution in [0.4, 0.5) is 20.3 Å². The number of carbonyl (C=O) groups is 4. The van der Waals surface area contributed by atoms with Crippen molar-refractivity contribution in [3.8, 4) is 0 Å². The third-order valence-corrected chi connectivity index (χ3v) is 14.9. The first-order valence-corrected chi connectivity index (χ1v) is 23.9. The van der Waals surface area contributed by atoms with Crippen molar-refractivity contribution < 1.29 is 32.7 Å². The average Bonchev–Trinajstić information content (AvgIpc) is 4.15. The number of piperidine rings is 1. The molecule has 4 amide bonds. The summed E-state index contributed by atoms with van der Waals surface area (Å²) in [7, 11) is 1.69. The molecule has 5 fully saturated rings. The highest BCUT2D eigenvalue weighted by atomic mass is 19.3. The molecule has 0 spiro atoms. The zero-order valence-corrected chi connectivity index (χ0v) is 38.0. The summed E-state index contributed by atoms with van der Waals surface area (Å²) in [6.07, 6.45) is 10.3. The van der Waals surface area contributed by atoms with E-state index >= 15 is 0 Å². The van der Waals surface area contributed by atoms with E-state index in [-0.39, 0.29) is 53.7 Å². The molecule has 2 N–H and O–H groups in total. The van der Waals surface area contributed by atoms with Gasteiger partial charge in [-0.2, -0.15) is 10.2 Å². The first kappa shape index (κ1) is 44.8. The number of aryl methyl sites for hydroxylation is 2. The van der Waals surface area contributed by atoms with Gasteiger partial charge in [0.2, 0.25) is 17.7 Å². The van der Waals surface area contributed by atoms with Gasteiger partial charge in [-0.1, -0.05) is 12.1 Å². The molecule has 1 aliphatic carbocycles. The van der Waals surface area contributed by atoms with Crippen LogP contribution >= 0.6 is 0 Å². The van der Waals surface area contributed by atoms with Crippen molar-refractivity contribution in [3.63, 3.8) is 0 Å². The maximum atomic E-state index is 14.4. The topological polar surface area (TPSA) is 186 Å². The highest BCUT2D eigenvalue weighted by molar-refractivity contribution is 6.08. The predicted octanol–water partition coefficient (Wildman–Crippen LogP) is 4.79. The van der Waals surface area contributed by atoms with Gasteiger partial charge in [-0.05, 0) is 94.7 Å². The summed E-state index contributed by atoms with van der Waals surface area (Å²) >= 11 is 0. The minimum Gasteiger partial charge on any atom is -0.377 e. The van der Waals surface area contributed by atoms with Crippen molar-refractivity contribution in [2.45, 2.75) is 121 Å². The zero-order chi connectivity index (χ0) is 46.5. The summed E-state index contributed by atoms with van der Waals surface area (Å²) in [6, 6.07) is 7.26. The standard InChI is InChI=1S/C47H58F2N12O6/c1-3-67-33-18-20-56(26-33)38-19-21-59-44(52-38)34(22-50-59)45(64)51-35-27-60(54-41(35)43(48)49)30-12-10-28(11-13-30)23-58-31-14-15-32(58)25-57(24-31)40(63)9-5-7-29-6-4-8-36-42(29)55(2)47(66)61(36)37-16-17-39(62)53-46(37)65/h4,6,8,19,21-22,27-28,30-33,37,43H,3,5,7,9-18,20,23-26H2,1-2H3,(H,51,64)(H,53,62,65)/t28?,30?,31-,32+,33-,37?/m1/s1. The molecule has 0 radical (unpaired) electrons. The number of benzene rings is 1. The summed E-state index contributed by atoms with van der Waals surface area (Å²) in [5, 5.41) is 13.7. The van der Waals surface area contributed by atoms with E-state index in [1.165, 1.54) is 21.5 Å². The van der Waals surface area contributed by atoms with Crippen LogP contribution in [-0.2, 0) is 32.6 Å². The normalized spacial score (nSPS) is 24.7. The number of piperazine rings is 1. The van der Waals surface area contributed by atoms with Gasteiger partial charge in [0.15, 0.2) is 11.3 Å². The van der Waals surface area contributed by atoms with Crippen molar-refractivity contribution in [1.82, 2.24) is 48.6 Å². The maximum Gasteiger partial charge on any atom is 0.329 e. The lowest BCUT2D eigenvalue weighted by atomic mass is 9.85. The number of alkyl halides is 2. The second kappa shape index (κ2) is 18.6. The number of carbonyl (C=O) groups excluding carboxylic acids is 4. The number of halogens is 2. The van der Waals surface area contributed by atoms with Crippen molar-refractivity contribution in [1.29, 1.82) is 0 Å². The lowest BCUT2D eigenvalue weighted by Gasteiger charge is -2.43. The SMILES string of the molecule is CCO[C@@H]1CCN(c2ccn3ncc(C(=O)Nc4cn(C5CCC(CN6[C@@H]7CC[C@H]6CN(C(=O)CCCc6cccc8c6n(C)c(=O)n8C6CCC(=O)NC6=O)C7)CC5)nc4C(F)F)c3n2)C1. The molecule has 356 valence electrons. The van der Waals surface area contributed by atoms with E-state index in [1.807, 2.05) is 36.1 Å². The molecule has 5 aliphatic rings. The largest absolute Gasteiger partial charge is 0.377 e. The molecule has 2 bridgehead atoms. The van der Waals surface area contributed by atoms with Crippen molar-refractivity contribution in [2.75, 3.05) is 49.5 Å². The van der Waals surface area contributed by atoms with Gasteiger partial charge in [-0.3, -0.25) is 43.2 Å². The quantitative estimate of drug-likeness (QED) is 0.146. The van der Waals surface area contributed by atoms with Crippen LogP contribution in [0.25, 0.3) is 16.7 Å². The molecular weight excluding hydrogens is 867 g/mol. The molecule has 5 aromatic rings. The minimum absolute atomic E-state index is 0.0215. The van der Waals surface area contributed by atoms with Gasteiger partial charge in [-0.15, -0.1) is 0 Å². The maximum absolute atomic E-state index is 14.4. The van der Waals surface area contributed by atoms with Gasteiger partial charge in [0, 0.05) is 83.7 Å². The highest BCUT2D eigenvalue weighted by Gasteiger charge is 2.42. The number of rotatable bonds is 14. The Kier molecular flexibility index (Phi) is 12.4. The fourth-order valence-electron chi connectivity index (χ4n) is 11.5. The fraction of sp³-hybridized carbons (Fsp3) is 0.574. The number of likely N-dealkylation sites (tertiary alicyclic amines) is 1. The monoisotopic (exact) mass is 924 g/mol. The Balaban J connectivity index is 0.716. The first-order chi connectivity index (χ1) is 32.4. The number of amides is 4.